The quantitative estimate of drug-likeness (QED) is 0.832. The summed E-state index contributed by atoms with van der Waals surface area (Å²) in [6, 6.07) is 6.09. The molecule has 0 atom stereocenters. The highest BCUT2D eigenvalue weighted by Crippen LogP contribution is 2.20. The summed E-state index contributed by atoms with van der Waals surface area (Å²) in [6.07, 6.45) is 0. The molecular weight excluding hydrogens is 325 g/mol. The second kappa shape index (κ2) is 7.33. The lowest BCUT2D eigenvalue weighted by atomic mass is 9.92. The molecule has 0 saturated heterocycles. The number of aryl methyl sites for hydroxylation is 2. The molecule has 0 aliphatic carbocycles. The van der Waals surface area contributed by atoms with Crippen LogP contribution in [0.1, 0.15) is 28.7 Å². The molecule has 6 nitrogen and oxygen atoms in total. The normalized spacial score (nSPS) is 11.6. The van der Waals surface area contributed by atoms with Gasteiger partial charge < -0.3 is 15.1 Å². The van der Waals surface area contributed by atoms with Gasteiger partial charge in [-0.05, 0) is 38.1 Å². The number of carbonyl (C=O) groups is 1. The molecule has 1 aromatic heterocycles. The minimum absolute atomic E-state index is 0.152. The van der Waals surface area contributed by atoms with E-state index in [-0.39, 0.29) is 36.9 Å². The molecule has 7 heteroatoms. The Kier molecular flexibility index (Phi) is 5.59. The highest BCUT2D eigenvalue weighted by molar-refractivity contribution is 5.94. The number of aliphatic hydroxyl groups is 2. The van der Waals surface area contributed by atoms with Crippen molar-refractivity contribution in [3.05, 3.63) is 47.0 Å². The van der Waals surface area contributed by atoms with Crippen LogP contribution in [0.2, 0.25) is 0 Å². The monoisotopic (exact) mass is 349 g/mol. The highest BCUT2D eigenvalue weighted by atomic mass is 19.1. The number of carbonyl (C=O) groups excluding carboxylic acids is 1. The summed E-state index contributed by atoms with van der Waals surface area (Å²) in [5.41, 5.74) is 1.24. The van der Waals surface area contributed by atoms with Gasteiger partial charge in [0.05, 0.1) is 18.9 Å². The van der Waals surface area contributed by atoms with E-state index in [9.17, 15) is 19.4 Å². The molecule has 136 valence electrons. The fourth-order valence-corrected chi connectivity index (χ4v) is 2.70. The van der Waals surface area contributed by atoms with E-state index in [1.54, 1.807) is 20.0 Å². The van der Waals surface area contributed by atoms with Crippen LogP contribution in [0.15, 0.2) is 24.3 Å². The molecule has 2 N–H and O–H groups in total. The molecule has 1 aromatic carbocycles. The number of nitrogens with zero attached hydrogens (tertiary/aromatic N) is 3. The zero-order chi connectivity index (χ0) is 18.8. The Hall–Kier alpha value is -2.25. The Bertz CT molecular complexity index is 769. The van der Waals surface area contributed by atoms with Crippen LogP contribution >= 0.6 is 0 Å². The lowest BCUT2D eigenvalue weighted by Crippen LogP contribution is -2.41. The molecule has 0 aliphatic rings. The van der Waals surface area contributed by atoms with Gasteiger partial charge in [0.25, 0.3) is 5.91 Å². The van der Waals surface area contributed by atoms with Crippen molar-refractivity contribution in [3.8, 4) is 5.69 Å². The van der Waals surface area contributed by atoms with E-state index in [4.69, 9.17) is 0 Å². The largest absolute Gasteiger partial charge is 0.396 e. The lowest BCUT2D eigenvalue weighted by Gasteiger charge is -2.30. The molecule has 0 saturated carbocycles. The van der Waals surface area contributed by atoms with Gasteiger partial charge in [-0.3, -0.25) is 4.79 Å². The van der Waals surface area contributed by atoms with Gasteiger partial charge in [0, 0.05) is 30.3 Å². The van der Waals surface area contributed by atoms with Crippen LogP contribution in [-0.2, 0) is 0 Å². The predicted molar refractivity (Wildman–Crippen MR) is 92.2 cm³/mol. The average Bonchev–Trinajstić information content (AvgIpc) is 2.91. The summed E-state index contributed by atoms with van der Waals surface area (Å²) in [5.74, 6) is -0.926. The van der Waals surface area contributed by atoms with Gasteiger partial charge in [0.15, 0.2) is 0 Å². The van der Waals surface area contributed by atoms with E-state index in [1.165, 1.54) is 21.7 Å². The van der Waals surface area contributed by atoms with Gasteiger partial charge in [-0.1, -0.05) is 6.92 Å². The number of aliphatic hydroxyl groups excluding tert-OH is 2. The first-order chi connectivity index (χ1) is 11.7. The van der Waals surface area contributed by atoms with Crippen molar-refractivity contribution in [2.24, 2.45) is 5.41 Å². The van der Waals surface area contributed by atoms with Crippen LogP contribution < -0.4 is 0 Å². The fourth-order valence-electron chi connectivity index (χ4n) is 2.70. The maximum Gasteiger partial charge on any atom is 0.253 e. The number of benzene rings is 1. The second-order valence-corrected chi connectivity index (χ2v) is 6.79. The van der Waals surface area contributed by atoms with E-state index in [1.807, 2.05) is 19.9 Å². The van der Waals surface area contributed by atoms with Crippen LogP contribution in [0, 0.1) is 25.1 Å². The van der Waals surface area contributed by atoms with E-state index < -0.39 is 11.2 Å². The average molecular weight is 349 g/mol. The summed E-state index contributed by atoms with van der Waals surface area (Å²) in [4.78, 5) is 13.9. The van der Waals surface area contributed by atoms with E-state index >= 15 is 0 Å². The third-order valence-electron chi connectivity index (χ3n) is 4.16. The van der Waals surface area contributed by atoms with E-state index in [2.05, 4.69) is 5.10 Å². The zero-order valence-corrected chi connectivity index (χ0v) is 15.0. The van der Waals surface area contributed by atoms with Crippen LogP contribution in [0.4, 0.5) is 4.39 Å². The lowest BCUT2D eigenvalue weighted by molar-refractivity contribution is 0.0366. The van der Waals surface area contributed by atoms with Crippen LogP contribution in [0.5, 0.6) is 0 Å². The maximum atomic E-state index is 14.5. The minimum atomic E-state index is -0.813. The number of hydrogen-bond acceptors (Lipinski definition) is 4. The SMILES string of the molecule is Cc1cc(C)n(-c2ccc(C(=O)N(C)CC(C)(CO)CO)cc2F)n1. The van der Waals surface area contributed by atoms with Crippen molar-refractivity contribution >= 4 is 5.91 Å². The Labute approximate surface area is 146 Å². The molecule has 0 aliphatic heterocycles. The highest BCUT2D eigenvalue weighted by Gasteiger charge is 2.27. The van der Waals surface area contributed by atoms with Gasteiger partial charge in [-0.15, -0.1) is 0 Å². The molecule has 1 heterocycles. The Morgan fingerprint density at radius 3 is 2.40 bits per heavy atom. The molecule has 0 bridgehead atoms. The minimum Gasteiger partial charge on any atom is -0.396 e. The number of halogens is 1. The molecule has 0 fully saturated rings. The van der Waals surface area contributed by atoms with Crippen LogP contribution in [0.3, 0.4) is 0 Å². The summed E-state index contributed by atoms with van der Waals surface area (Å²) >= 11 is 0. The Morgan fingerprint density at radius 2 is 1.92 bits per heavy atom. The van der Waals surface area contributed by atoms with Crippen LogP contribution in [0.25, 0.3) is 5.69 Å². The standard InChI is InChI=1S/C18H24FN3O3/c1-12-7-13(2)22(20-12)16-6-5-14(8-15(16)19)17(25)21(4)9-18(3,10-23)11-24/h5-8,23-24H,9-11H2,1-4H3. The molecule has 2 rings (SSSR count). The summed E-state index contributed by atoms with van der Waals surface area (Å²) in [5, 5.41) is 23.0. The van der Waals surface area contributed by atoms with Gasteiger partial charge in [0.1, 0.15) is 11.5 Å². The fraction of sp³-hybridized carbons (Fsp3) is 0.444. The van der Waals surface area contributed by atoms with E-state index in [0.29, 0.717) is 0 Å². The van der Waals surface area contributed by atoms with Gasteiger partial charge in [0.2, 0.25) is 0 Å². The third kappa shape index (κ3) is 4.05. The van der Waals surface area contributed by atoms with Crippen molar-refractivity contribution < 1.29 is 19.4 Å². The predicted octanol–water partition coefficient (Wildman–Crippen LogP) is 1.69. The first-order valence-electron chi connectivity index (χ1n) is 8.01. The topological polar surface area (TPSA) is 78.6 Å². The summed E-state index contributed by atoms with van der Waals surface area (Å²) < 4.78 is 16.0. The van der Waals surface area contributed by atoms with Crippen molar-refractivity contribution in [1.29, 1.82) is 0 Å². The second-order valence-electron chi connectivity index (χ2n) is 6.79. The van der Waals surface area contributed by atoms with E-state index in [0.717, 1.165) is 11.4 Å². The molecule has 2 aromatic rings. The van der Waals surface area contributed by atoms with Crippen molar-refractivity contribution in [1.82, 2.24) is 14.7 Å². The molecule has 25 heavy (non-hydrogen) atoms. The maximum absolute atomic E-state index is 14.5. The Balaban J connectivity index is 2.25. The van der Waals surface area contributed by atoms with Crippen molar-refractivity contribution in [2.75, 3.05) is 26.8 Å². The van der Waals surface area contributed by atoms with Gasteiger partial charge in [-0.25, -0.2) is 9.07 Å². The van der Waals surface area contributed by atoms with Gasteiger partial charge in [-0.2, -0.15) is 5.10 Å². The van der Waals surface area contributed by atoms with Crippen LogP contribution in [-0.4, -0.2) is 57.6 Å². The first kappa shape index (κ1) is 19.1. The molecule has 1 amide bonds. The molecule has 0 unspecified atom stereocenters. The molecular formula is C18H24FN3O3. The third-order valence-corrected chi connectivity index (χ3v) is 4.16. The number of aromatic nitrogens is 2. The number of rotatable bonds is 6. The number of hydrogen-bond donors (Lipinski definition) is 2. The Morgan fingerprint density at radius 1 is 1.28 bits per heavy atom. The zero-order valence-electron chi connectivity index (χ0n) is 15.0. The van der Waals surface area contributed by atoms with Gasteiger partial charge >= 0.3 is 0 Å². The smallest absolute Gasteiger partial charge is 0.253 e. The molecule has 0 spiro atoms. The summed E-state index contributed by atoms with van der Waals surface area (Å²) in [6.45, 7) is 4.96. The molecule has 0 radical (unpaired) electrons. The van der Waals surface area contributed by atoms with Crippen molar-refractivity contribution in [3.63, 3.8) is 0 Å². The summed E-state index contributed by atoms with van der Waals surface area (Å²) in [7, 11) is 1.55. The first-order valence-corrected chi connectivity index (χ1v) is 8.01. The number of amides is 1. The van der Waals surface area contributed by atoms with Crippen molar-refractivity contribution in [2.45, 2.75) is 20.8 Å².